The lowest BCUT2D eigenvalue weighted by Crippen LogP contribution is -2.40. The van der Waals surface area contributed by atoms with E-state index in [1.807, 2.05) is 6.07 Å². The number of alkyl halides is 3. The van der Waals surface area contributed by atoms with Crippen molar-refractivity contribution in [3.05, 3.63) is 52.8 Å². The monoisotopic (exact) mass is 445 g/mol. The number of nitrogens with zero attached hydrogens (tertiary/aromatic N) is 3. The predicted octanol–water partition coefficient (Wildman–Crippen LogP) is 3.34. The molecule has 1 heterocycles. The van der Waals surface area contributed by atoms with Gasteiger partial charge in [0, 0.05) is 37.4 Å². The third kappa shape index (κ3) is 5.13. The van der Waals surface area contributed by atoms with Crippen molar-refractivity contribution in [2.24, 2.45) is 0 Å². The number of rotatable bonds is 6. The number of sulfone groups is 1. The Balaban J connectivity index is 2.47. The molecule has 29 heavy (non-hydrogen) atoms. The number of hydrogen-bond donors (Lipinski definition) is 0. The molecular formula is C18H18F3N3O3S2. The van der Waals surface area contributed by atoms with Crippen LogP contribution in [0.25, 0.3) is 0 Å². The summed E-state index contributed by atoms with van der Waals surface area (Å²) in [6, 6.07) is 4.74. The number of amides is 1. The molecule has 1 amide bonds. The molecule has 6 nitrogen and oxygen atoms in total. The molecule has 0 saturated heterocycles. The highest BCUT2D eigenvalue weighted by atomic mass is 32.2. The lowest BCUT2D eigenvalue weighted by molar-refractivity contribution is -0.137. The third-order valence-electron chi connectivity index (χ3n) is 4.16. The first-order chi connectivity index (χ1) is 13.4. The molecule has 0 saturated carbocycles. The summed E-state index contributed by atoms with van der Waals surface area (Å²) in [6.07, 6.45) is -3.39. The van der Waals surface area contributed by atoms with E-state index >= 15 is 0 Å². The third-order valence-corrected chi connectivity index (χ3v) is 6.92. The molecule has 0 unspecified atom stereocenters. The molecule has 156 valence electrons. The van der Waals surface area contributed by atoms with Crippen LogP contribution < -0.4 is 0 Å². The van der Waals surface area contributed by atoms with E-state index in [-0.39, 0.29) is 17.8 Å². The van der Waals surface area contributed by atoms with E-state index < -0.39 is 38.1 Å². The smallest absolute Gasteiger partial charge is 0.336 e. The van der Waals surface area contributed by atoms with E-state index in [1.54, 1.807) is 0 Å². The fourth-order valence-corrected chi connectivity index (χ4v) is 5.05. The Kier molecular flexibility index (Phi) is 6.70. The number of carbonyl (C=O) groups excluding carboxylic acids is 1. The molecule has 1 aromatic carbocycles. The first kappa shape index (κ1) is 22.8. The van der Waals surface area contributed by atoms with Crippen LogP contribution in [0.1, 0.15) is 17.5 Å². The minimum Gasteiger partial charge on any atom is -0.336 e. The van der Waals surface area contributed by atoms with E-state index in [9.17, 15) is 26.4 Å². The largest absolute Gasteiger partial charge is 0.416 e. The second-order valence-electron chi connectivity index (χ2n) is 6.22. The molecule has 11 heteroatoms. The fraction of sp³-hybridized carbons (Fsp3) is 0.333. The van der Waals surface area contributed by atoms with Gasteiger partial charge in [-0.05, 0) is 23.8 Å². The number of thioether (sulfide) groups is 1. The first-order valence-corrected chi connectivity index (χ1v) is 10.9. The molecule has 0 bridgehead atoms. The maximum Gasteiger partial charge on any atom is 0.416 e. The molecule has 0 spiro atoms. The average molecular weight is 445 g/mol. The van der Waals surface area contributed by atoms with Gasteiger partial charge in [0.05, 0.1) is 17.4 Å². The van der Waals surface area contributed by atoms with Gasteiger partial charge in [-0.1, -0.05) is 6.58 Å². The zero-order chi connectivity index (χ0) is 22.0. The van der Waals surface area contributed by atoms with Crippen molar-refractivity contribution < 1.29 is 26.4 Å². The van der Waals surface area contributed by atoms with Crippen LogP contribution in [0, 0.1) is 11.3 Å². The van der Waals surface area contributed by atoms with Crippen LogP contribution in [0.3, 0.4) is 0 Å². The SMILES string of the molecule is C=C1N(C)C=C(S(=O)(=O)Cc2cc(C(F)(F)F)ccc2SCCC#N)C(=O)N1C. The Bertz CT molecular complexity index is 1010. The normalized spacial score (nSPS) is 15.4. The number of carbonyl (C=O) groups is 1. The van der Waals surface area contributed by atoms with Gasteiger partial charge >= 0.3 is 6.18 Å². The van der Waals surface area contributed by atoms with E-state index in [0.717, 1.165) is 35.0 Å². The molecule has 1 aliphatic rings. The number of nitriles is 1. The Morgan fingerprint density at radius 3 is 2.52 bits per heavy atom. The van der Waals surface area contributed by atoms with Crippen molar-refractivity contribution in [2.45, 2.75) is 23.2 Å². The maximum atomic E-state index is 13.1. The van der Waals surface area contributed by atoms with Gasteiger partial charge in [0.1, 0.15) is 10.7 Å². The second-order valence-corrected chi connectivity index (χ2v) is 9.32. The summed E-state index contributed by atoms with van der Waals surface area (Å²) in [7, 11) is -1.38. The van der Waals surface area contributed by atoms with E-state index in [2.05, 4.69) is 6.58 Å². The van der Waals surface area contributed by atoms with E-state index in [0.29, 0.717) is 10.6 Å². The van der Waals surface area contributed by atoms with Crippen molar-refractivity contribution in [3.8, 4) is 6.07 Å². The quantitative estimate of drug-likeness (QED) is 0.494. The summed E-state index contributed by atoms with van der Waals surface area (Å²) in [5, 5.41) is 8.65. The molecule has 0 atom stereocenters. The maximum absolute atomic E-state index is 13.1. The first-order valence-electron chi connectivity index (χ1n) is 8.22. The summed E-state index contributed by atoms with van der Waals surface area (Å²) in [4.78, 5) is 14.6. The highest BCUT2D eigenvalue weighted by molar-refractivity contribution is 7.99. The molecule has 0 aliphatic carbocycles. The van der Waals surface area contributed by atoms with Gasteiger partial charge in [0.15, 0.2) is 9.84 Å². The van der Waals surface area contributed by atoms with E-state index in [4.69, 9.17) is 5.26 Å². The summed E-state index contributed by atoms with van der Waals surface area (Å²) >= 11 is 1.09. The summed E-state index contributed by atoms with van der Waals surface area (Å²) in [6.45, 7) is 3.66. The van der Waals surface area contributed by atoms with Crippen LogP contribution in [0.2, 0.25) is 0 Å². The number of hydrogen-bond acceptors (Lipinski definition) is 6. The molecule has 1 aliphatic heterocycles. The van der Waals surface area contributed by atoms with Crippen molar-refractivity contribution >= 4 is 27.5 Å². The summed E-state index contributed by atoms with van der Waals surface area (Å²) in [5.74, 6) is -1.03. The lowest BCUT2D eigenvalue weighted by Gasteiger charge is -2.31. The topological polar surface area (TPSA) is 81.5 Å². The Morgan fingerprint density at radius 2 is 1.93 bits per heavy atom. The number of likely N-dealkylation sites (N-methyl/N-ethyl adjacent to an activating group) is 1. The highest BCUT2D eigenvalue weighted by Gasteiger charge is 2.35. The highest BCUT2D eigenvalue weighted by Crippen LogP contribution is 2.35. The van der Waals surface area contributed by atoms with Gasteiger partial charge in [0.2, 0.25) is 0 Å². The van der Waals surface area contributed by atoms with Gasteiger partial charge in [0.25, 0.3) is 5.91 Å². The van der Waals surface area contributed by atoms with Crippen LogP contribution >= 0.6 is 11.8 Å². The molecule has 0 fully saturated rings. The van der Waals surface area contributed by atoms with Crippen LogP contribution in [0.15, 0.2) is 46.6 Å². The van der Waals surface area contributed by atoms with E-state index in [1.165, 1.54) is 25.1 Å². The van der Waals surface area contributed by atoms with Gasteiger partial charge < -0.3 is 4.90 Å². The molecule has 0 aromatic heterocycles. The van der Waals surface area contributed by atoms with Crippen molar-refractivity contribution in [1.82, 2.24) is 9.80 Å². The van der Waals surface area contributed by atoms with Crippen molar-refractivity contribution in [2.75, 3.05) is 19.8 Å². The standard InChI is InChI=1S/C18H18F3N3O3S2/c1-12-23(2)10-16(17(25)24(12)3)29(26,27)11-13-9-14(18(19,20)21)5-6-15(13)28-8-4-7-22/h5-6,9-10H,1,4,8,11H2,2-3H3. The Morgan fingerprint density at radius 1 is 1.28 bits per heavy atom. The second kappa shape index (κ2) is 8.51. The predicted molar refractivity (Wildman–Crippen MR) is 103 cm³/mol. The minimum atomic E-state index is -4.65. The lowest BCUT2D eigenvalue weighted by atomic mass is 10.1. The molecule has 2 rings (SSSR count). The van der Waals surface area contributed by atoms with Crippen LogP contribution in [-0.4, -0.2) is 44.0 Å². The molecule has 0 N–H and O–H groups in total. The van der Waals surface area contributed by atoms with Gasteiger partial charge in [-0.25, -0.2) is 8.42 Å². The minimum absolute atomic E-state index is 0.0776. The summed E-state index contributed by atoms with van der Waals surface area (Å²) < 4.78 is 65.1. The van der Waals surface area contributed by atoms with Crippen molar-refractivity contribution in [3.63, 3.8) is 0 Å². The molecule has 0 radical (unpaired) electrons. The van der Waals surface area contributed by atoms with Gasteiger partial charge in [-0.2, -0.15) is 18.4 Å². The van der Waals surface area contributed by atoms with Crippen LogP contribution in [0.5, 0.6) is 0 Å². The molecule has 1 aromatic rings. The van der Waals surface area contributed by atoms with Crippen LogP contribution in [0.4, 0.5) is 13.2 Å². The van der Waals surface area contributed by atoms with Crippen molar-refractivity contribution in [1.29, 1.82) is 5.26 Å². The zero-order valence-corrected chi connectivity index (χ0v) is 17.3. The summed E-state index contributed by atoms with van der Waals surface area (Å²) in [5.41, 5.74) is -1.06. The number of benzene rings is 1. The number of halogens is 3. The Labute approximate surface area is 171 Å². The molecular weight excluding hydrogens is 427 g/mol. The Hall–Kier alpha value is -2.45. The average Bonchev–Trinajstić information content (AvgIpc) is 2.63. The van der Waals surface area contributed by atoms with Gasteiger partial charge in [-0.3, -0.25) is 9.69 Å². The van der Waals surface area contributed by atoms with Gasteiger partial charge in [-0.15, -0.1) is 11.8 Å². The fourth-order valence-electron chi connectivity index (χ4n) is 2.54. The van der Waals surface area contributed by atoms with Crippen LogP contribution in [-0.2, 0) is 26.6 Å². The zero-order valence-electron chi connectivity index (χ0n) is 15.7.